The van der Waals surface area contributed by atoms with Crippen LogP contribution >= 0.6 is 0 Å². The van der Waals surface area contributed by atoms with Crippen LogP contribution in [0.5, 0.6) is 0 Å². The maximum atomic E-state index is 12.4. The lowest BCUT2D eigenvalue weighted by Gasteiger charge is -2.30. The van der Waals surface area contributed by atoms with Crippen molar-refractivity contribution in [1.29, 1.82) is 0 Å². The lowest BCUT2D eigenvalue weighted by molar-refractivity contribution is 0.107. The summed E-state index contributed by atoms with van der Waals surface area (Å²) in [5.74, 6) is 0.704. The fourth-order valence-electron chi connectivity index (χ4n) is 3.93. The highest BCUT2D eigenvalue weighted by atomic mass is 16.5. The molecular weight excluding hydrogens is 330 g/mol. The van der Waals surface area contributed by atoms with Gasteiger partial charge in [0, 0.05) is 35.5 Å². The van der Waals surface area contributed by atoms with Gasteiger partial charge in [-0.15, -0.1) is 0 Å². The zero-order valence-corrected chi connectivity index (χ0v) is 15.4. The monoisotopic (exact) mass is 355 g/mol. The van der Waals surface area contributed by atoms with Gasteiger partial charge in [-0.25, -0.2) is 14.6 Å². The Morgan fingerprint density at radius 1 is 1.12 bits per heavy atom. The van der Waals surface area contributed by atoms with E-state index in [0.29, 0.717) is 25.2 Å². The lowest BCUT2D eigenvalue weighted by Crippen LogP contribution is -2.35. The molecular formula is C19H25N5O2. The van der Waals surface area contributed by atoms with Gasteiger partial charge < -0.3 is 10.1 Å². The molecule has 0 amide bonds. The molecule has 2 aliphatic rings. The molecule has 0 unspecified atom stereocenters. The quantitative estimate of drug-likeness (QED) is 0.910. The van der Waals surface area contributed by atoms with Crippen molar-refractivity contribution in [2.24, 2.45) is 0 Å². The summed E-state index contributed by atoms with van der Waals surface area (Å²) in [6.45, 7) is 5.15. The zero-order valence-electron chi connectivity index (χ0n) is 15.4. The zero-order chi connectivity index (χ0) is 18.1. The fraction of sp³-hybridized carbons (Fsp3) is 0.579. The van der Waals surface area contributed by atoms with Gasteiger partial charge in [-0.3, -0.25) is 4.79 Å². The minimum atomic E-state index is -0.0108. The van der Waals surface area contributed by atoms with Crippen LogP contribution in [0.1, 0.15) is 54.4 Å². The Bertz CT molecular complexity index is 835. The van der Waals surface area contributed by atoms with E-state index in [1.807, 2.05) is 19.9 Å². The number of fused-ring (bicyclic) bond motifs is 1. The van der Waals surface area contributed by atoms with Gasteiger partial charge in [-0.1, -0.05) is 0 Å². The summed E-state index contributed by atoms with van der Waals surface area (Å²) in [5, 5.41) is 8.10. The molecule has 7 heteroatoms. The van der Waals surface area contributed by atoms with Crippen molar-refractivity contribution < 1.29 is 4.74 Å². The minimum absolute atomic E-state index is 0.0108. The largest absolute Gasteiger partial charge is 0.376 e. The third-order valence-electron chi connectivity index (χ3n) is 5.22. The summed E-state index contributed by atoms with van der Waals surface area (Å²) in [7, 11) is 0. The molecule has 3 heterocycles. The maximum Gasteiger partial charge on any atom is 0.267 e. The van der Waals surface area contributed by atoms with Crippen molar-refractivity contribution in [1.82, 2.24) is 19.7 Å². The van der Waals surface area contributed by atoms with Crippen LogP contribution in [0.2, 0.25) is 0 Å². The summed E-state index contributed by atoms with van der Waals surface area (Å²) >= 11 is 0. The van der Waals surface area contributed by atoms with Gasteiger partial charge in [0.05, 0.1) is 24.9 Å². The Hall–Kier alpha value is -2.28. The molecule has 1 fully saturated rings. The number of ether oxygens (including phenoxy) is 1. The summed E-state index contributed by atoms with van der Waals surface area (Å²) in [6, 6.07) is 4.19. The SMILES string of the molecule is Cc1cc(C)nc(NC2CCC(n3nc4c(cc3=O)COCC4)CC2)n1. The molecule has 1 saturated carbocycles. The van der Waals surface area contributed by atoms with Crippen molar-refractivity contribution in [2.75, 3.05) is 11.9 Å². The van der Waals surface area contributed by atoms with Gasteiger partial charge in [0.25, 0.3) is 5.56 Å². The molecule has 2 aromatic heterocycles. The molecule has 1 aliphatic carbocycles. The third-order valence-corrected chi connectivity index (χ3v) is 5.22. The first-order chi connectivity index (χ1) is 12.6. The highest BCUT2D eigenvalue weighted by molar-refractivity contribution is 5.29. The molecule has 4 rings (SSSR count). The van der Waals surface area contributed by atoms with Crippen molar-refractivity contribution in [3.8, 4) is 0 Å². The highest BCUT2D eigenvalue weighted by Crippen LogP contribution is 2.29. The molecule has 0 radical (unpaired) electrons. The van der Waals surface area contributed by atoms with Crippen LogP contribution in [0.3, 0.4) is 0 Å². The first-order valence-corrected chi connectivity index (χ1v) is 9.36. The second-order valence-electron chi connectivity index (χ2n) is 7.33. The van der Waals surface area contributed by atoms with Crippen LogP contribution < -0.4 is 10.9 Å². The number of hydrogen-bond acceptors (Lipinski definition) is 6. The van der Waals surface area contributed by atoms with E-state index in [2.05, 4.69) is 20.4 Å². The van der Waals surface area contributed by atoms with E-state index < -0.39 is 0 Å². The van der Waals surface area contributed by atoms with Crippen LogP contribution in [0.15, 0.2) is 16.9 Å². The molecule has 1 aliphatic heterocycles. The topological polar surface area (TPSA) is 81.9 Å². The predicted molar refractivity (Wildman–Crippen MR) is 98.3 cm³/mol. The number of anilines is 1. The van der Waals surface area contributed by atoms with Crippen molar-refractivity contribution in [2.45, 2.75) is 64.6 Å². The Morgan fingerprint density at radius 2 is 1.85 bits per heavy atom. The standard InChI is InChI=1S/C19H25N5O2/c1-12-9-13(2)21-19(20-12)22-15-3-5-16(6-4-15)24-18(25)10-14-11-26-8-7-17(14)23-24/h9-10,15-16H,3-8,11H2,1-2H3,(H,20,21,22). The molecule has 0 saturated heterocycles. The van der Waals surface area contributed by atoms with Crippen LogP contribution in [-0.4, -0.2) is 32.4 Å². The average molecular weight is 355 g/mol. The summed E-state index contributed by atoms with van der Waals surface area (Å²) < 4.78 is 7.12. The van der Waals surface area contributed by atoms with E-state index in [1.165, 1.54) is 0 Å². The normalized spacial score (nSPS) is 22.7. The van der Waals surface area contributed by atoms with Gasteiger partial charge in [0.2, 0.25) is 5.95 Å². The Labute approximate surface area is 152 Å². The van der Waals surface area contributed by atoms with E-state index in [0.717, 1.165) is 54.7 Å². The van der Waals surface area contributed by atoms with E-state index in [-0.39, 0.29) is 11.6 Å². The molecule has 2 aromatic rings. The predicted octanol–water partition coefficient (Wildman–Crippen LogP) is 2.32. The second-order valence-corrected chi connectivity index (χ2v) is 7.33. The molecule has 0 atom stereocenters. The Balaban J connectivity index is 1.43. The van der Waals surface area contributed by atoms with Gasteiger partial charge in [-0.2, -0.15) is 5.10 Å². The molecule has 26 heavy (non-hydrogen) atoms. The van der Waals surface area contributed by atoms with Crippen LogP contribution in [0, 0.1) is 13.8 Å². The summed E-state index contributed by atoms with van der Waals surface area (Å²) in [4.78, 5) is 21.4. The number of aryl methyl sites for hydroxylation is 2. The molecule has 0 bridgehead atoms. The van der Waals surface area contributed by atoms with Crippen molar-refractivity contribution in [3.05, 3.63) is 45.1 Å². The van der Waals surface area contributed by atoms with Gasteiger partial charge in [0.15, 0.2) is 0 Å². The lowest BCUT2D eigenvalue weighted by atomic mass is 9.91. The smallest absolute Gasteiger partial charge is 0.267 e. The van der Waals surface area contributed by atoms with Gasteiger partial charge in [0.1, 0.15) is 0 Å². The summed E-state index contributed by atoms with van der Waals surface area (Å²) in [5.41, 5.74) is 3.90. The first-order valence-electron chi connectivity index (χ1n) is 9.36. The van der Waals surface area contributed by atoms with Crippen molar-refractivity contribution in [3.63, 3.8) is 0 Å². The van der Waals surface area contributed by atoms with Crippen LogP contribution in [-0.2, 0) is 17.8 Å². The minimum Gasteiger partial charge on any atom is -0.376 e. The first kappa shape index (κ1) is 17.1. The maximum absolute atomic E-state index is 12.4. The number of nitrogens with one attached hydrogen (secondary N) is 1. The second kappa shape index (κ2) is 7.15. The number of aromatic nitrogens is 4. The van der Waals surface area contributed by atoms with E-state index in [4.69, 9.17) is 4.74 Å². The molecule has 0 spiro atoms. The van der Waals surface area contributed by atoms with E-state index in [1.54, 1.807) is 10.7 Å². The highest BCUT2D eigenvalue weighted by Gasteiger charge is 2.25. The summed E-state index contributed by atoms with van der Waals surface area (Å²) in [6.07, 6.45) is 4.62. The van der Waals surface area contributed by atoms with E-state index in [9.17, 15) is 4.79 Å². The van der Waals surface area contributed by atoms with Crippen molar-refractivity contribution >= 4 is 5.95 Å². The fourth-order valence-corrected chi connectivity index (χ4v) is 3.93. The Morgan fingerprint density at radius 3 is 2.58 bits per heavy atom. The number of rotatable bonds is 3. The van der Waals surface area contributed by atoms with Gasteiger partial charge >= 0.3 is 0 Å². The molecule has 7 nitrogen and oxygen atoms in total. The number of nitrogens with zero attached hydrogens (tertiary/aromatic N) is 4. The average Bonchev–Trinajstić information content (AvgIpc) is 2.61. The Kier molecular flexibility index (Phi) is 4.72. The van der Waals surface area contributed by atoms with Crippen LogP contribution in [0.25, 0.3) is 0 Å². The molecule has 0 aromatic carbocycles. The molecule has 138 valence electrons. The molecule has 1 N–H and O–H groups in total. The van der Waals surface area contributed by atoms with Crippen LogP contribution in [0.4, 0.5) is 5.95 Å². The number of hydrogen-bond donors (Lipinski definition) is 1. The third kappa shape index (κ3) is 3.62. The van der Waals surface area contributed by atoms with Gasteiger partial charge in [-0.05, 0) is 45.6 Å². The van der Waals surface area contributed by atoms with E-state index >= 15 is 0 Å².